The Bertz CT molecular complexity index is 892. The smallest absolute Gasteiger partial charge is 0.100 e. The van der Waals surface area contributed by atoms with E-state index in [1.807, 2.05) is 30.6 Å². The number of benzene rings is 3. The number of hydrogen-bond acceptors (Lipinski definition) is 1. The van der Waals surface area contributed by atoms with Crippen molar-refractivity contribution in [2.24, 2.45) is 0 Å². The van der Waals surface area contributed by atoms with Gasteiger partial charge in [0, 0.05) is 5.56 Å². The van der Waals surface area contributed by atoms with Crippen LogP contribution in [0.3, 0.4) is 0 Å². The molecular weight excluding hydrogens is 256 g/mol. The maximum Gasteiger partial charge on any atom is 0.100 e. The molecule has 4 rings (SSSR count). The molecule has 1 heterocycles. The molecule has 0 spiro atoms. The number of hydrogen-bond donors (Lipinski definition) is 0. The summed E-state index contributed by atoms with van der Waals surface area (Å²) in [5.41, 5.74) is 5.71. The number of para-hydroxylation sites is 3. The summed E-state index contributed by atoms with van der Waals surface area (Å²) < 4.78 is 2.15. The predicted octanol–water partition coefficient (Wildman–Crippen LogP) is 4.69. The van der Waals surface area contributed by atoms with Gasteiger partial charge in [0.2, 0.25) is 0 Å². The van der Waals surface area contributed by atoms with E-state index in [9.17, 15) is 0 Å². The molecule has 0 aliphatic heterocycles. The van der Waals surface area contributed by atoms with Crippen molar-refractivity contribution in [2.45, 2.75) is 0 Å². The predicted molar refractivity (Wildman–Crippen MR) is 86.5 cm³/mol. The van der Waals surface area contributed by atoms with Gasteiger partial charge in [-0.05, 0) is 23.8 Å². The van der Waals surface area contributed by atoms with Crippen molar-refractivity contribution in [2.75, 3.05) is 0 Å². The quantitative estimate of drug-likeness (QED) is 0.516. The molecule has 4 aromatic rings. The number of aromatic nitrogens is 2. The van der Waals surface area contributed by atoms with E-state index >= 15 is 0 Å². The van der Waals surface area contributed by atoms with Crippen LogP contribution in [0.15, 0.2) is 85.2 Å². The Morgan fingerprint density at radius 3 is 2.29 bits per heavy atom. The minimum absolute atomic E-state index is 1.01. The van der Waals surface area contributed by atoms with Crippen LogP contribution in [0.5, 0.6) is 0 Å². The van der Waals surface area contributed by atoms with Crippen LogP contribution < -0.4 is 0 Å². The summed E-state index contributed by atoms with van der Waals surface area (Å²) in [6, 6.07) is 27.1. The van der Waals surface area contributed by atoms with E-state index in [2.05, 4.69) is 64.1 Å². The molecule has 0 bridgehead atoms. The van der Waals surface area contributed by atoms with Crippen LogP contribution in [0.2, 0.25) is 0 Å². The SMILES string of the molecule is c1ccc(-c2ccccc2-n2cnc3ccccc32)cc1. The fourth-order valence-corrected chi connectivity index (χ4v) is 2.70. The summed E-state index contributed by atoms with van der Waals surface area (Å²) in [6.45, 7) is 0. The number of rotatable bonds is 2. The van der Waals surface area contributed by atoms with E-state index in [0.717, 1.165) is 16.7 Å². The molecule has 100 valence electrons. The third-order valence-corrected chi connectivity index (χ3v) is 3.70. The number of nitrogens with zero attached hydrogens (tertiary/aromatic N) is 2. The fourth-order valence-electron chi connectivity index (χ4n) is 2.70. The van der Waals surface area contributed by atoms with Gasteiger partial charge >= 0.3 is 0 Å². The largest absolute Gasteiger partial charge is 0.298 e. The third kappa shape index (κ3) is 2.01. The van der Waals surface area contributed by atoms with E-state index in [1.165, 1.54) is 11.1 Å². The highest BCUT2D eigenvalue weighted by Crippen LogP contribution is 2.28. The molecule has 3 aromatic carbocycles. The van der Waals surface area contributed by atoms with Crippen molar-refractivity contribution in [3.8, 4) is 16.8 Å². The summed E-state index contributed by atoms with van der Waals surface area (Å²) in [5.74, 6) is 0. The van der Waals surface area contributed by atoms with Gasteiger partial charge in [-0.2, -0.15) is 0 Å². The van der Waals surface area contributed by atoms with Crippen molar-refractivity contribution < 1.29 is 0 Å². The Hall–Kier alpha value is -2.87. The first-order valence-corrected chi connectivity index (χ1v) is 7.00. The zero-order valence-corrected chi connectivity index (χ0v) is 11.5. The molecule has 1 aromatic heterocycles. The van der Waals surface area contributed by atoms with Crippen LogP contribution in [0, 0.1) is 0 Å². The Balaban J connectivity index is 1.98. The van der Waals surface area contributed by atoms with E-state index in [0.29, 0.717) is 0 Å². The minimum atomic E-state index is 1.01. The molecule has 0 aliphatic rings. The topological polar surface area (TPSA) is 17.8 Å². The van der Waals surface area contributed by atoms with Crippen LogP contribution in [-0.2, 0) is 0 Å². The van der Waals surface area contributed by atoms with Crippen LogP contribution in [-0.4, -0.2) is 9.55 Å². The van der Waals surface area contributed by atoms with Gasteiger partial charge in [0.25, 0.3) is 0 Å². The average Bonchev–Trinajstić information content (AvgIpc) is 3.00. The molecule has 0 atom stereocenters. The van der Waals surface area contributed by atoms with E-state index in [-0.39, 0.29) is 0 Å². The lowest BCUT2D eigenvalue weighted by atomic mass is 10.0. The molecule has 0 N–H and O–H groups in total. The van der Waals surface area contributed by atoms with Gasteiger partial charge in [-0.3, -0.25) is 4.57 Å². The van der Waals surface area contributed by atoms with Gasteiger partial charge < -0.3 is 0 Å². The van der Waals surface area contributed by atoms with Gasteiger partial charge in [-0.15, -0.1) is 0 Å². The summed E-state index contributed by atoms with van der Waals surface area (Å²) in [7, 11) is 0. The minimum Gasteiger partial charge on any atom is -0.298 e. The Labute approximate surface area is 123 Å². The Morgan fingerprint density at radius 1 is 0.667 bits per heavy atom. The highest BCUT2D eigenvalue weighted by Gasteiger charge is 2.09. The second-order valence-corrected chi connectivity index (χ2v) is 4.99. The zero-order valence-electron chi connectivity index (χ0n) is 11.5. The summed E-state index contributed by atoms with van der Waals surface area (Å²) in [5, 5.41) is 0. The lowest BCUT2D eigenvalue weighted by Gasteiger charge is -2.11. The first-order chi connectivity index (χ1) is 10.4. The molecule has 0 saturated heterocycles. The molecular formula is C19H14N2. The van der Waals surface area contributed by atoms with Crippen LogP contribution in [0.4, 0.5) is 0 Å². The molecule has 0 unspecified atom stereocenters. The molecule has 0 radical (unpaired) electrons. The zero-order chi connectivity index (χ0) is 14.1. The van der Waals surface area contributed by atoms with Gasteiger partial charge in [0.15, 0.2) is 0 Å². The average molecular weight is 270 g/mol. The normalized spacial score (nSPS) is 10.9. The fraction of sp³-hybridized carbons (Fsp3) is 0. The van der Waals surface area contributed by atoms with Gasteiger partial charge in [-0.25, -0.2) is 4.98 Å². The monoisotopic (exact) mass is 270 g/mol. The Kier molecular flexibility index (Phi) is 2.79. The molecule has 0 aliphatic carbocycles. The standard InChI is InChI=1S/C19H14N2/c1-2-8-15(9-3-1)16-10-4-6-12-18(16)21-14-20-17-11-5-7-13-19(17)21/h1-14H. The van der Waals surface area contributed by atoms with Crippen LogP contribution >= 0.6 is 0 Å². The Morgan fingerprint density at radius 2 is 1.38 bits per heavy atom. The molecule has 0 fully saturated rings. The second kappa shape index (κ2) is 4.91. The van der Waals surface area contributed by atoms with Crippen molar-refractivity contribution >= 4 is 11.0 Å². The summed E-state index contributed by atoms with van der Waals surface area (Å²) >= 11 is 0. The van der Waals surface area contributed by atoms with Gasteiger partial charge in [-0.1, -0.05) is 60.7 Å². The van der Waals surface area contributed by atoms with Crippen LogP contribution in [0.1, 0.15) is 0 Å². The van der Waals surface area contributed by atoms with Crippen molar-refractivity contribution in [3.05, 3.63) is 85.2 Å². The van der Waals surface area contributed by atoms with Crippen molar-refractivity contribution in [3.63, 3.8) is 0 Å². The highest BCUT2D eigenvalue weighted by atomic mass is 15.0. The highest BCUT2D eigenvalue weighted by molar-refractivity contribution is 5.81. The molecule has 2 nitrogen and oxygen atoms in total. The molecule has 21 heavy (non-hydrogen) atoms. The molecule has 0 saturated carbocycles. The third-order valence-electron chi connectivity index (χ3n) is 3.70. The van der Waals surface area contributed by atoms with E-state index < -0.39 is 0 Å². The molecule has 2 heteroatoms. The van der Waals surface area contributed by atoms with Crippen molar-refractivity contribution in [1.82, 2.24) is 9.55 Å². The maximum absolute atomic E-state index is 4.49. The van der Waals surface area contributed by atoms with E-state index in [4.69, 9.17) is 0 Å². The van der Waals surface area contributed by atoms with Gasteiger partial charge in [0.05, 0.1) is 16.7 Å². The summed E-state index contributed by atoms with van der Waals surface area (Å²) in [4.78, 5) is 4.49. The second-order valence-electron chi connectivity index (χ2n) is 4.99. The first-order valence-electron chi connectivity index (χ1n) is 7.00. The first kappa shape index (κ1) is 11.9. The van der Waals surface area contributed by atoms with E-state index in [1.54, 1.807) is 0 Å². The van der Waals surface area contributed by atoms with Gasteiger partial charge in [0.1, 0.15) is 6.33 Å². The van der Waals surface area contributed by atoms with Crippen LogP contribution in [0.25, 0.3) is 27.8 Å². The number of imidazole rings is 1. The maximum atomic E-state index is 4.49. The summed E-state index contributed by atoms with van der Waals surface area (Å²) in [6.07, 6.45) is 1.90. The lowest BCUT2D eigenvalue weighted by molar-refractivity contribution is 1.09. The van der Waals surface area contributed by atoms with Crippen molar-refractivity contribution in [1.29, 1.82) is 0 Å². The lowest BCUT2D eigenvalue weighted by Crippen LogP contribution is -1.95. The number of fused-ring (bicyclic) bond motifs is 1. The molecule has 0 amide bonds.